The van der Waals surface area contributed by atoms with Gasteiger partial charge in [0.15, 0.2) is 0 Å². The fraction of sp³-hybridized carbons (Fsp3) is 0.692. The molecule has 0 unspecified atom stereocenters. The number of rotatable bonds is 8. The first kappa shape index (κ1) is 16.6. The van der Waals surface area contributed by atoms with Crippen molar-refractivity contribution < 1.29 is 19.1 Å². The first-order chi connectivity index (χ1) is 8.56. The molecule has 5 heteroatoms. The number of ether oxygens (including phenoxy) is 2. The summed E-state index contributed by atoms with van der Waals surface area (Å²) in [5.74, 6) is -0.375. The van der Waals surface area contributed by atoms with E-state index in [0.29, 0.717) is 25.3 Å². The number of hydrogen-bond acceptors (Lipinski definition) is 4. The summed E-state index contributed by atoms with van der Waals surface area (Å²) in [6, 6.07) is 0. The first-order valence-electron chi connectivity index (χ1n) is 6.08. The second-order valence-corrected chi connectivity index (χ2v) is 3.91. The third kappa shape index (κ3) is 6.39. The third-order valence-corrected chi connectivity index (χ3v) is 2.51. The number of methoxy groups -OCH3 is 2. The van der Waals surface area contributed by atoms with Gasteiger partial charge in [-0.3, -0.25) is 9.59 Å². The van der Waals surface area contributed by atoms with Crippen LogP contribution < -0.4 is 0 Å². The minimum absolute atomic E-state index is 0.0576. The van der Waals surface area contributed by atoms with E-state index in [2.05, 4.69) is 4.74 Å². The van der Waals surface area contributed by atoms with Crippen LogP contribution in [0.4, 0.5) is 0 Å². The zero-order valence-electron chi connectivity index (χ0n) is 11.7. The molecule has 0 aliphatic heterocycles. The van der Waals surface area contributed by atoms with Crippen molar-refractivity contribution >= 4 is 11.9 Å². The summed E-state index contributed by atoms with van der Waals surface area (Å²) in [5.41, 5.74) is 0.693. The van der Waals surface area contributed by atoms with Gasteiger partial charge in [0.05, 0.1) is 20.1 Å². The van der Waals surface area contributed by atoms with E-state index in [1.807, 2.05) is 13.0 Å². The van der Waals surface area contributed by atoms with Crippen LogP contribution in [0.2, 0.25) is 0 Å². The quantitative estimate of drug-likeness (QED) is 0.487. The van der Waals surface area contributed by atoms with Crippen molar-refractivity contribution in [3.63, 3.8) is 0 Å². The minimum Gasteiger partial charge on any atom is -0.469 e. The van der Waals surface area contributed by atoms with E-state index in [9.17, 15) is 9.59 Å². The van der Waals surface area contributed by atoms with Crippen LogP contribution in [0.1, 0.15) is 26.7 Å². The number of carbonyl (C=O) groups excluding carboxylic acids is 2. The van der Waals surface area contributed by atoms with E-state index < -0.39 is 0 Å². The lowest BCUT2D eigenvalue weighted by Gasteiger charge is -2.22. The van der Waals surface area contributed by atoms with Gasteiger partial charge in [-0.05, 0) is 13.3 Å². The molecule has 18 heavy (non-hydrogen) atoms. The monoisotopic (exact) mass is 257 g/mol. The molecule has 5 nitrogen and oxygen atoms in total. The van der Waals surface area contributed by atoms with Crippen LogP contribution in [0.3, 0.4) is 0 Å². The van der Waals surface area contributed by atoms with Crippen LogP contribution in [-0.4, -0.2) is 50.7 Å². The van der Waals surface area contributed by atoms with Crippen molar-refractivity contribution in [1.82, 2.24) is 4.90 Å². The molecule has 0 aromatic rings. The van der Waals surface area contributed by atoms with Crippen molar-refractivity contribution in [1.29, 1.82) is 0 Å². The summed E-state index contributed by atoms with van der Waals surface area (Å²) in [6.45, 7) is 5.03. The Kier molecular flexibility index (Phi) is 8.92. The molecule has 0 rings (SSSR count). The highest BCUT2D eigenvalue weighted by Crippen LogP contribution is 2.04. The average molecular weight is 257 g/mol. The molecule has 0 aromatic heterocycles. The Hall–Kier alpha value is -1.36. The Labute approximate surface area is 109 Å². The second kappa shape index (κ2) is 9.65. The number of amides is 1. The van der Waals surface area contributed by atoms with Gasteiger partial charge in [0.25, 0.3) is 0 Å². The fourth-order valence-electron chi connectivity index (χ4n) is 1.49. The average Bonchev–Trinajstić information content (AvgIpc) is 2.38. The second-order valence-electron chi connectivity index (χ2n) is 3.91. The van der Waals surface area contributed by atoms with E-state index in [1.165, 1.54) is 7.11 Å². The van der Waals surface area contributed by atoms with E-state index in [0.717, 1.165) is 6.42 Å². The topological polar surface area (TPSA) is 55.8 Å². The molecule has 104 valence electrons. The Morgan fingerprint density at radius 3 is 2.39 bits per heavy atom. The van der Waals surface area contributed by atoms with E-state index in [4.69, 9.17) is 4.74 Å². The molecule has 0 aliphatic rings. The molecule has 0 atom stereocenters. The molecule has 0 N–H and O–H groups in total. The molecule has 0 aromatic carbocycles. The SMILES string of the molecule is CC/C=C(/C)C(=O)N(CCOC)CCC(=O)OC. The highest BCUT2D eigenvalue weighted by atomic mass is 16.5. The summed E-state index contributed by atoms with van der Waals surface area (Å²) < 4.78 is 9.54. The number of nitrogens with zero attached hydrogens (tertiary/aromatic N) is 1. The van der Waals surface area contributed by atoms with Crippen LogP contribution >= 0.6 is 0 Å². The van der Waals surface area contributed by atoms with E-state index in [1.54, 1.807) is 18.9 Å². The molecule has 0 bridgehead atoms. The van der Waals surface area contributed by atoms with Crippen LogP contribution in [0, 0.1) is 0 Å². The Bertz CT molecular complexity index is 299. The summed E-state index contributed by atoms with van der Waals surface area (Å²) in [5, 5.41) is 0. The molecule has 0 radical (unpaired) electrons. The van der Waals surface area contributed by atoms with Gasteiger partial charge >= 0.3 is 5.97 Å². The molecule has 0 spiro atoms. The maximum absolute atomic E-state index is 12.1. The highest BCUT2D eigenvalue weighted by Gasteiger charge is 2.16. The molecule has 0 heterocycles. The van der Waals surface area contributed by atoms with Crippen molar-refractivity contribution in [2.45, 2.75) is 26.7 Å². The normalized spacial score (nSPS) is 11.2. The Balaban J connectivity index is 4.51. The molecule has 1 amide bonds. The largest absolute Gasteiger partial charge is 0.469 e. The van der Waals surface area contributed by atoms with Gasteiger partial charge in [-0.1, -0.05) is 13.0 Å². The van der Waals surface area contributed by atoms with Gasteiger partial charge in [0.1, 0.15) is 0 Å². The number of carbonyl (C=O) groups is 2. The number of hydrogen-bond donors (Lipinski definition) is 0. The minimum atomic E-state index is -0.317. The Morgan fingerprint density at radius 1 is 1.22 bits per heavy atom. The molecular weight excluding hydrogens is 234 g/mol. The van der Waals surface area contributed by atoms with Crippen molar-refractivity contribution in [3.8, 4) is 0 Å². The smallest absolute Gasteiger partial charge is 0.307 e. The summed E-state index contributed by atoms with van der Waals surface area (Å²) in [4.78, 5) is 24.8. The molecule has 0 aliphatic carbocycles. The maximum atomic E-state index is 12.1. The third-order valence-electron chi connectivity index (χ3n) is 2.51. The van der Waals surface area contributed by atoms with Crippen LogP contribution in [0.25, 0.3) is 0 Å². The zero-order chi connectivity index (χ0) is 14.0. The lowest BCUT2D eigenvalue weighted by molar-refractivity contribution is -0.141. The lowest BCUT2D eigenvalue weighted by Crippen LogP contribution is -2.36. The van der Waals surface area contributed by atoms with Crippen LogP contribution in [-0.2, 0) is 19.1 Å². The maximum Gasteiger partial charge on any atom is 0.307 e. The molecular formula is C13H23NO4. The standard InChI is InChI=1S/C13H23NO4/c1-5-6-11(2)13(16)14(9-10-17-3)8-7-12(15)18-4/h6H,5,7-10H2,1-4H3/b11-6-. The van der Waals surface area contributed by atoms with Crippen molar-refractivity contribution in [2.24, 2.45) is 0 Å². The van der Waals surface area contributed by atoms with Gasteiger partial charge in [-0.15, -0.1) is 0 Å². The predicted molar refractivity (Wildman–Crippen MR) is 69.1 cm³/mol. The van der Waals surface area contributed by atoms with Gasteiger partial charge in [0.2, 0.25) is 5.91 Å². The number of esters is 1. The number of allylic oxidation sites excluding steroid dienone is 1. The highest BCUT2D eigenvalue weighted by molar-refractivity contribution is 5.93. The van der Waals surface area contributed by atoms with Crippen molar-refractivity contribution in [2.75, 3.05) is 33.9 Å². The predicted octanol–water partition coefficient (Wildman–Crippen LogP) is 1.38. The molecule has 0 saturated heterocycles. The summed E-state index contributed by atoms with van der Waals surface area (Å²) >= 11 is 0. The van der Waals surface area contributed by atoms with Gasteiger partial charge in [-0.25, -0.2) is 0 Å². The van der Waals surface area contributed by atoms with Crippen molar-refractivity contribution in [3.05, 3.63) is 11.6 Å². The summed E-state index contributed by atoms with van der Waals surface area (Å²) in [7, 11) is 2.92. The van der Waals surface area contributed by atoms with Crippen LogP contribution in [0.5, 0.6) is 0 Å². The van der Waals surface area contributed by atoms with E-state index in [-0.39, 0.29) is 18.3 Å². The van der Waals surface area contributed by atoms with E-state index >= 15 is 0 Å². The molecule has 0 fully saturated rings. The molecule has 0 saturated carbocycles. The fourth-order valence-corrected chi connectivity index (χ4v) is 1.49. The first-order valence-corrected chi connectivity index (χ1v) is 6.08. The van der Waals surface area contributed by atoms with Gasteiger partial charge < -0.3 is 14.4 Å². The lowest BCUT2D eigenvalue weighted by atomic mass is 10.2. The summed E-state index contributed by atoms with van der Waals surface area (Å²) in [6.07, 6.45) is 2.89. The van der Waals surface area contributed by atoms with Gasteiger partial charge in [0, 0.05) is 25.8 Å². The Morgan fingerprint density at radius 2 is 1.89 bits per heavy atom. The van der Waals surface area contributed by atoms with Gasteiger partial charge in [-0.2, -0.15) is 0 Å². The van der Waals surface area contributed by atoms with Crippen LogP contribution in [0.15, 0.2) is 11.6 Å². The zero-order valence-corrected chi connectivity index (χ0v) is 11.7.